The van der Waals surface area contributed by atoms with Gasteiger partial charge in [0.15, 0.2) is 12.4 Å². The molecule has 5 rings (SSSR count). The number of aromatic amines is 1. The molecule has 0 aliphatic carbocycles. The lowest BCUT2D eigenvalue weighted by Gasteiger charge is -2.15. The van der Waals surface area contributed by atoms with Gasteiger partial charge in [0.1, 0.15) is 5.03 Å². The normalized spacial score (nSPS) is 15.5. The van der Waals surface area contributed by atoms with Crippen LogP contribution < -0.4 is 4.90 Å². The number of imide groups is 1. The summed E-state index contributed by atoms with van der Waals surface area (Å²) < 4.78 is 5.24. The lowest BCUT2D eigenvalue weighted by Crippen LogP contribution is -2.31. The van der Waals surface area contributed by atoms with Crippen molar-refractivity contribution in [2.24, 2.45) is 0 Å². The summed E-state index contributed by atoms with van der Waals surface area (Å²) in [5.41, 5.74) is 2.90. The minimum atomic E-state index is -0.743. The summed E-state index contributed by atoms with van der Waals surface area (Å²) in [6.45, 7) is 1.49. The Labute approximate surface area is 210 Å². The molecule has 0 spiro atoms. The van der Waals surface area contributed by atoms with Gasteiger partial charge in [0.05, 0.1) is 16.5 Å². The summed E-state index contributed by atoms with van der Waals surface area (Å²) in [6, 6.07) is 17.3. The molecule has 0 bridgehead atoms. The van der Waals surface area contributed by atoms with Crippen molar-refractivity contribution in [3.63, 3.8) is 0 Å². The number of aromatic nitrogens is 2. The van der Waals surface area contributed by atoms with Gasteiger partial charge in [-0.25, -0.2) is 14.7 Å². The molecule has 1 aliphatic heterocycles. The second-order valence-corrected chi connectivity index (χ2v) is 9.54. The second kappa shape index (κ2) is 9.79. The van der Waals surface area contributed by atoms with Gasteiger partial charge < -0.3 is 9.72 Å². The average Bonchev–Trinajstić information content (AvgIpc) is 3.46. The maximum absolute atomic E-state index is 13.2. The molecule has 1 N–H and O–H groups in total. The zero-order valence-electron chi connectivity index (χ0n) is 19.3. The fourth-order valence-electron chi connectivity index (χ4n) is 3.95. The summed E-state index contributed by atoms with van der Waals surface area (Å²) in [5.74, 6) is -1.76. The minimum absolute atomic E-state index is 0.0246. The second-order valence-electron chi connectivity index (χ2n) is 8.35. The third-order valence-corrected chi connectivity index (χ3v) is 7.06. The highest BCUT2D eigenvalue weighted by molar-refractivity contribution is 8.00. The predicted molar refractivity (Wildman–Crippen MR) is 135 cm³/mol. The Morgan fingerprint density at radius 2 is 1.92 bits per heavy atom. The van der Waals surface area contributed by atoms with Crippen LogP contribution in [0.4, 0.5) is 5.69 Å². The van der Waals surface area contributed by atoms with Crippen LogP contribution in [0.3, 0.4) is 0 Å². The number of nitrogens with one attached hydrogen (secondary N) is 1. The number of aryl methyl sites for hydroxylation is 1. The molecule has 1 saturated heterocycles. The van der Waals surface area contributed by atoms with Gasteiger partial charge >= 0.3 is 5.97 Å². The zero-order chi connectivity index (χ0) is 25.2. The molecule has 0 radical (unpaired) electrons. The summed E-state index contributed by atoms with van der Waals surface area (Å²) in [4.78, 5) is 59.5. The van der Waals surface area contributed by atoms with E-state index in [4.69, 9.17) is 4.74 Å². The molecule has 1 aliphatic rings. The van der Waals surface area contributed by atoms with Crippen LogP contribution in [0.15, 0.2) is 78.1 Å². The number of hydrogen-bond acceptors (Lipinski definition) is 7. The monoisotopic (exact) mass is 499 g/mol. The lowest BCUT2D eigenvalue weighted by molar-refractivity contribution is -0.121. The molecule has 1 atom stereocenters. The molecular weight excluding hydrogens is 478 g/mol. The van der Waals surface area contributed by atoms with Gasteiger partial charge in [0.25, 0.3) is 0 Å². The number of nitrogens with zero attached hydrogens (tertiary/aromatic N) is 2. The molecule has 36 heavy (non-hydrogen) atoms. The Kier molecular flexibility index (Phi) is 6.39. The minimum Gasteiger partial charge on any atom is -0.454 e. The van der Waals surface area contributed by atoms with Gasteiger partial charge in [0.2, 0.25) is 11.8 Å². The van der Waals surface area contributed by atoms with Gasteiger partial charge in [-0.15, -0.1) is 0 Å². The highest BCUT2D eigenvalue weighted by Crippen LogP contribution is 2.35. The first-order valence-corrected chi connectivity index (χ1v) is 12.1. The van der Waals surface area contributed by atoms with Gasteiger partial charge in [-0.05, 0) is 42.6 Å². The Morgan fingerprint density at radius 3 is 2.72 bits per heavy atom. The number of H-pyrrole nitrogens is 1. The number of anilines is 1. The van der Waals surface area contributed by atoms with Crippen LogP contribution >= 0.6 is 11.8 Å². The van der Waals surface area contributed by atoms with Crippen LogP contribution in [0.2, 0.25) is 0 Å². The average molecular weight is 500 g/mol. The first kappa shape index (κ1) is 23.5. The zero-order valence-corrected chi connectivity index (χ0v) is 20.1. The van der Waals surface area contributed by atoms with Crippen molar-refractivity contribution in [2.75, 3.05) is 11.5 Å². The molecule has 0 saturated carbocycles. The van der Waals surface area contributed by atoms with Crippen LogP contribution in [0.1, 0.15) is 32.7 Å². The topological polar surface area (TPSA) is 109 Å². The smallest absolute Gasteiger partial charge is 0.341 e. The Bertz CT molecular complexity index is 1490. The summed E-state index contributed by atoms with van der Waals surface area (Å²) in [5, 5.41) is 0.492. The van der Waals surface area contributed by atoms with Gasteiger partial charge in [0, 0.05) is 29.9 Å². The molecule has 1 fully saturated rings. The van der Waals surface area contributed by atoms with Crippen LogP contribution in [0, 0.1) is 6.92 Å². The number of amides is 2. The number of carbonyl (C=O) groups is 4. The molecule has 180 valence electrons. The van der Waals surface area contributed by atoms with E-state index in [0.29, 0.717) is 11.3 Å². The highest BCUT2D eigenvalue weighted by atomic mass is 32.2. The van der Waals surface area contributed by atoms with Gasteiger partial charge in [-0.2, -0.15) is 0 Å². The van der Waals surface area contributed by atoms with Crippen molar-refractivity contribution < 1.29 is 23.9 Å². The number of benzene rings is 2. The highest BCUT2D eigenvalue weighted by Gasteiger charge is 2.41. The lowest BCUT2D eigenvalue weighted by atomic mass is 10.1. The number of rotatable bonds is 7. The van der Waals surface area contributed by atoms with Crippen LogP contribution in [0.25, 0.3) is 10.9 Å². The SMILES string of the molecule is Cc1ccc(C(=O)COC(=O)c2cccnc2SC2CC(=O)N(c3ccc4cc[nH]c4c3)C2=O)cc1. The number of hydrogen-bond donors (Lipinski definition) is 1. The van der Waals surface area contributed by atoms with Crippen LogP contribution in [-0.2, 0) is 14.3 Å². The van der Waals surface area contributed by atoms with E-state index in [1.807, 2.05) is 31.2 Å². The first-order valence-electron chi connectivity index (χ1n) is 11.2. The molecule has 9 heteroatoms. The number of Topliss-reactive ketones (excluding diaryl/α,β-unsaturated/α-hetero) is 1. The van der Waals surface area contributed by atoms with Crippen LogP contribution in [-0.4, -0.2) is 45.4 Å². The van der Waals surface area contributed by atoms with Gasteiger partial charge in [-0.3, -0.25) is 14.4 Å². The van der Waals surface area contributed by atoms with E-state index < -0.39 is 17.8 Å². The van der Waals surface area contributed by atoms with Gasteiger partial charge in [-0.1, -0.05) is 47.7 Å². The Hall–Kier alpha value is -4.24. The van der Waals surface area contributed by atoms with E-state index in [9.17, 15) is 19.2 Å². The summed E-state index contributed by atoms with van der Waals surface area (Å²) >= 11 is 1.04. The van der Waals surface area contributed by atoms with Crippen molar-refractivity contribution in [1.29, 1.82) is 0 Å². The Balaban J connectivity index is 1.29. The fourth-order valence-corrected chi connectivity index (χ4v) is 5.05. The number of ketones is 1. The van der Waals surface area contributed by atoms with E-state index >= 15 is 0 Å². The first-order chi connectivity index (χ1) is 17.4. The molecule has 3 heterocycles. The van der Waals surface area contributed by atoms with E-state index in [-0.39, 0.29) is 34.6 Å². The van der Waals surface area contributed by atoms with Crippen molar-refractivity contribution in [3.05, 3.63) is 89.7 Å². The van der Waals surface area contributed by atoms with Crippen molar-refractivity contribution in [1.82, 2.24) is 9.97 Å². The van der Waals surface area contributed by atoms with Crippen molar-refractivity contribution >= 4 is 51.9 Å². The van der Waals surface area contributed by atoms with E-state index in [1.165, 1.54) is 17.2 Å². The largest absolute Gasteiger partial charge is 0.454 e. The standard InChI is InChI=1S/C27H21N3O5S/c1-16-4-6-18(7-5-16)22(31)15-35-27(34)20-3-2-11-29-25(20)36-23-14-24(32)30(26(23)33)19-9-8-17-10-12-28-21(17)13-19/h2-13,23,28H,14-15H2,1H3. The molecule has 4 aromatic rings. The molecule has 1 unspecified atom stereocenters. The third kappa shape index (κ3) is 4.65. The number of thioether (sulfide) groups is 1. The van der Waals surface area contributed by atoms with Crippen molar-refractivity contribution in [3.8, 4) is 0 Å². The fraction of sp³-hybridized carbons (Fsp3) is 0.148. The van der Waals surface area contributed by atoms with E-state index in [0.717, 1.165) is 28.2 Å². The van der Waals surface area contributed by atoms with Crippen molar-refractivity contribution in [2.45, 2.75) is 23.6 Å². The quantitative estimate of drug-likeness (QED) is 0.229. The summed E-state index contributed by atoms with van der Waals surface area (Å²) in [7, 11) is 0. The molecule has 2 aromatic carbocycles. The number of esters is 1. The predicted octanol–water partition coefficient (Wildman–Crippen LogP) is 4.34. The maximum atomic E-state index is 13.2. The number of carbonyl (C=O) groups excluding carboxylic acids is 4. The number of pyridine rings is 1. The van der Waals surface area contributed by atoms with Crippen LogP contribution in [0.5, 0.6) is 0 Å². The molecule has 2 aromatic heterocycles. The number of ether oxygens (including phenoxy) is 1. The number of fused-ring (bicyclic) bond motifs is 1. The Morgan fingerprint density at radius 1 is 1.11 bits per heavy atom. The molecule has 8 nitrogen and oxygen atoms in total. The molecular formula is C27H21N3O5S. The van der Waals surface area contributed by atoms with E-state index in [2.05, 4.69) is 9.97 Å². The summed E-state index contributed by atoms with van der Waals surface area (Å²) in [6.07, 6.45) is 3.26. The van der Waals surface area contributed by atoms with E-state index in [1.54, 1.807) is 36.5 Å². The molecule has 2 amide bonds. The maximum Gasteiger partial charge on any atom is 0.341 e. The third-order valence-electron chi connectivity index (χ3n) is 5.85.